The summed E-state index contributed by atoms with van der Waals surface area (Å²) in [7, 11) is 0. The van der Waals surface area contributed by atoms with Gasteiger partial charge in [0.2, 0.25) is 0 Å². The number of carbonyl (C=O) groups is 1. The van der Waals surface area contributed by atoms with Gasteiger partial charge >= 0.3 is 0 Å². The van der Waals surface area contributed by atoms with Gasteiger partial charge in [0.05, 0.1) is 5.60 Å². The molecule has 0 unspecified atom stereocenters. The van der Waals surface area contributed by atoms with Crippen molar-refractivity contribution in [2.45, 2.75) is 37.8 Å². The van der Waals surface area contributed by atoms with E-state index in [9.17, 15) is 9.90 Å². The first-order valence-corrected chi connectivity index (χ1v) is 9.50. The number of hydrogen-bond acceptors (Lipinski definition) is 4. The summed E-state index contributed by atoms with van der Waals surface area (Å²) in [5.41, 5.74) is 3.49. The number of ketones is 1. The third-order valence-electron chi connectivity index (χ3n) is 5.66. The van der Waals surface area contributed by atoms with E-state index in [-0.39, 0.29) is 24.6 Å². The van der Waals surface area contributed by atoms with Crippen molar-refractivity contribution in [3.05, 3.63) is 65.2 Å². The Balaban J connectivity index is 0.00000210. The average Bonchev–Trinajstić information content (AvgIpc) is 3.12. The number of fused-ring (bicyclic) bond motifs is 1. The molecule has 0 amide bonds. The van der Waals surface area contributed by atoms with Gasteiger partial charge in [0.25, 0.3) is 0 Å². The lowest BCUT2D eigenvalue weighted by Crippen LogP contribution is -2.45. The largest absolute Gasteiger partial charge is 0.389 e. The monoisotopic (exact) mass is 386 g/mol. The fourth-order valence-electron chi connectivity index (χ4n) is 4.02. The summed E-state index contributed by atoms with van der Waals surface area (Å²) in [6.07, 6.45) is 2.49. The predicted octanol–water partition coefficient (Wildman–Crippen LogP) is 3.68. The maximum Gasteiger partial charge on any atom is 0.165 e. The highest BCUT2D eigenvalue weighted by Crippen LogP contribution is 2.29. The van der Waals surface area contributed by atoms with E-state index in [2.05, 4.69) is 34.5 Å². The van der Waals surface area contributed by atoms with E-state index >= 15 is 0 Å². The standard InChI is InChI=1S/C22H26N2O2.ClH/c25-21(19-6-7-20-18(14-19)8-11-23-20)15-22(26)9-12-24(13-10-22)16-17-4-2-1-3-5-17;/h1-7,14,23,26H,8-13,15-16H2;1H. The van der Waals surface area contributed by atoms with Crippen LogP contribution in [-0.2, 0) is 13.0 Å². The normalized spacial score (nSPS) is 18.3. The zero-order valence-electron chi connectivity index (χ0n) is 15.5. The van der Waals surface area contributed by atoms with Crippen LogP contribution in [0.4, 0.5) is 5.69 Å². The van der Waals surface area contributed by atoms with Gasteiger partial charge in [0.1, 0.15) is 0 Å². The summed E-state index contributed by atoms with van der Waals surface area (Å²) in [5.74, 6) is 0.0544. The fraction of sp³-hybridized carbons (Fsp3) is 0.409. The summed E-state index contributed by atoms with van der Waals surface area (Å²) in [6, 6.07) is 16.3. The predicted molar refractivity (Wildman–Crippen MR) is 111 cm³/mol. The molecule has 27 heavy (non-hydrogen) atoms. The Morgan fingerprint density at radius 3 is 2.59 bits per heavy atom. The molecule has 5 heteroatoms. The lowest BCUT2D eigenvalue weighted by molar-refractivity contribution is -0.0241. The second-order valence-electron chi connectivity index (χ2n) is 7.63. The van der Waals surface area contributed by atoms with E-state index in [1.165, 1.54) is 11.1 Å². The third kappa shape index (κ3) is 4.70. The Morgan fingerprint density at radius 1 is 1.11 bits per heavy atom. The van der Waals surface area contributed by atoms with Crippen LogP contribution in [0.1, 0.15) is 40.7 Å². The van der Waals surface area contributed by atoms with Crippen molar-refractivity contribution in [1.82, 2.24) is 4.90 Å². The maximum absolute atomic E-state index is 12.7. The van der Waals surface area contributed by atoms with Crippen LogP contribution in [0.5, 0.6) is 0 Å². The van der Waals surface area contributed by atoms with Crippen molar-refractivity contribution in [3.8, 4) is 0 Å². The zero-order valence-corrected chi connectivity index (χ0v) is 16.3. The second kappa shape index (κ2) is 8.42. The Morgan fingerprint density at radius 2 is 1.85 bits per heavy atom. The topological polar surface area (TPSA) is 52.6 Å². The SMILES string of the molecule is Cl.O=C(CC1(O)CCN(Cc2ccccc2)CC1)c1ccc2c(c1)CCN2. The molecule has 0 atom stereocenters. The number of benzene rings is 2. The Kier molecular flexibility index (Phi) is 6.20. The number of halogens is 1. The van der Waals surface area contributed by atoms with Crippen LogP contribution in [0.15, 0.2) is 48.5 Å². The van der Waals surface area contributed by atoms with Crippen LogP contribution in [-0.4, -0.2) is 41.0 Å². The van der Waals surface area contributed by atoms with Gasteiger partial charge in [-0.3, -0.25) is 9.69 Å². The van der Waals surface area contributed by atoms with Crippen LogP contribution in [0.25, 0.3) is 0 Å². The summed E-state index contributed by atoms with van der Waals surface area (Å²) in [4.78, 5) is 15.1. The van der Waals surface area contributed by atoms with Crippen molar-refractivity contribution < 1.29 is 9.90 Å². The minimum atomic E-state index is -0.873. The molecule has 0 spiro atoms. The highest BCUT2D eigenvalue weighted by atomic mass is 35.5. The molecule has 1 saturated heterocycles. The van der Waals surface area contributed by atoms with Crippen LogP contribution in [0.3, 0.4) is 0 Å². The molecule has 4 rings (SSSR count). The van der Waals surface area contributed by atoms with Crippen molar-refractivity contribution in [1.29, 1.82) is 0 Å². The number of hydrogen-bond donors (Lipinski definition) is 2. The number of piperidine rings is 1. The number of rotatable bonds is 5. The quantitative estimate of drug-likeness (QED) is 0.770. The third-order valence-corrected chi connectivity index (χ3v) is 5.66. The summed E-state index contributed by atoms with van der Waals surface area (Å²) in [5, 5.41) is 14.2. The maximum atomic E-state index is 12.7. The first kappa shape index (κ1) is 19.9. The molecule has 2 aromatic rings. The molecule has 0 saturated carbocycles. The lowest BCUT2D eigenvalue weighted by atomic mass is 9.85. The minimum Gasteiger partial charge on any atom is -0.389 e. The molecule has 0 aromatic heterocycles. The van der Waals surface area contributed by atoms with E-state index in [1.807, 2.05) is 24.3 Å². The Labute approximate surface area is 167 Å². The smallest absolute Gasteiger partial charge is 0.165 e. The summed E-state index contributed by atoms with van der Waals surface area (Å²) < 4.78 is 0. The number of carbonyl (C=O) groups excluding carboxylic acids is 1. The first-order chi connectivity index (χ1) is 12.6. The van der Waals surface area contributed by atoms with Gasteiger partial charge in [-0.05, 0) is 48.6 Å². The van der Waals surface area contributed by atoms with Gasteiger partial charge in [0.15, 0.2) is 5.78 Å². The number of Topliss-reactive ketones (excluding diaryl/α,β-unsaturated/α-hetero) is 1. The average molecular weight is 387 g/mol. The molecule has 2 aromatic carbocycles. The first-order valence-electron chi connectivity index (χ1n) is 9.50. The van der Waals surface area contributed by atoms with Gasteiger partial charge in [-0.15, -0.1) is 12.4 Å². The lowest BCUT2D eigenvalue weighted by Gasteiger charge is -2.38. The van der Waals surface area contributed by atoms with Crippen LogP contribution < -0.4 is 5.32 Å². The molecule has 144 valence electrons. The van der Waals surface area contributed by atoms with Crippen molar-refractivity contribution in [3.63, 3.8) is 0 Å². The van der Waals surface area contributed by atoms with E-state index in [0.717, 1.165) is 43.9 Å². The number of nitrogens with zero attached hydrogens (tertiary/aromatic N) is 1. The zero-order chi connectivity index (χ0) is 18.0. The van der Waals surface area contributed by atoms with Gasteiger partial charge < -0.3 is 10.4 Å². The fourth-order valence-corrected chi connectivity index (χ4v) is 4.02. The second-order valence-corrected chi connectivity index (χ2v) is 7.63. The Hall–Kier alpha value is -1.88. The number of nitrogens with one attached hydrogen (secondary N) is 1. The molecule has 1 fully saturated rings. The molecule has 2 aliphatic heterocycles. The molecule has 2 aliphatic rings. The molecular weight excluding hydrogens is 360 g/mol. The van der Waals surface area contributed by atoms with E-state index < -0.39 is 5.60 Å². The Bertz CT molecular complexity index is 786. The van der Waals surface area contributed by atoms with Crippen molar-refractivity contribution >= 4 is 23.9 Å². The molecular formula is C22H27ClN2O2. The van der Waals surface area contributed by atoms with Gasteiger partial charge in [-0.1, -0.05) is 30.3 Å². The van der Waals surface area contributed by atoms with Crippen molar-refractivity contribution in [2.75, 3.05) is 25.0 Å². The number of likely N-dealkylation sites (tertiary alicyclic amines) is 1. The number of aliphatic hydroxyl groups is 1. The highest BCUT2D eigenvalue weighted by molar-refractivity contribution is 5.97. The van der Waals surface area contributed by atoms with Crippen LogP contribution in [0, 0.1) is 0 Å². The van der Waals surface area contributed by atoms with Gasteiger partial charge in [-0.2, -0.15) is 0 Å². The molecule has 2 heterocycles. The summed E-state index contributed by atoms with van der Waals surface area (Å²) >= 11 is 0. The summed E-state index contributed by atoms with van der Waals surface area (Å²) in [6.45, 7) is 3.50. The highest BCUT2D eigenvalue weighted by Gasteiger charge is 2.34. The van der Waals surface area contributed by atoms with E-state index in [0.29, 0.717) is 12.8 Å². The molecule has 2 N–H and O–H groups in total. The molecule has 0 radical (unpaired) electrons. The van der Waals surface area contributed by atoms with Gasteiger partial charge in [0, 0.05) is 43.9 Å². The molecule has 0 aliphatic carbocycles. The van der Waals surface area contributed by atoms with E-state index in [1.54, 1.807) is 0 Å². The van der Waals surface area contributed by atoms with Crippen LogP contribution in [0.2, 0.25) is 0 Å². The molecule has 4 nitrogen and oxygen atoms in total. The van der Waals surface area contributed by atoms with Gasteiger partial charge in [-0.25, -0.2) is 0 Å². The van der Waals surface area contributed by atoms with E-state index in [4.69, 9.17) is 0 Å². The van der Waals surface area contributed by atoms with Crippen molar-refractivity contribution in [2.24, 2.45) is 0 Å². The number of anilines is 1. The molecule has 0 bridgehead atoms. The minimum absolute atomic E-state index is 0. The van der Waals surface area contributed by atoms with Crippen LogP contribution >= 0.6 is 12.4 Å².